The van der Waals surface area contributed by atoms with Gasteiger partial charge in [-0.3, -0.25) is 0 Å². The van der Waals surface area contributed by atoms with Crippen LogP contribution in [0.15, 0.2) is 5.16 Å². The predicted molar refractivity (Wildman–Crippen MR) is 80.0 cm³/mol. The van der Waals surface area contributed by atoms with Crippen molar-refractivity contribution in [2.24, 2.45) is 0 Å². The van der Waals surface area contributed by atoms with E-state index >= 15 is 0 Å². The van der Waals surface area contributed by atoms with Crippen molar-refractivity contribution in [1.82, 2.24) is 15.0 Å². The van der Waals surface area contributed by atoms with Gasteiger partial charge in [0.2, 0.25) is 5.95 Å². The lowest BCUT2D eigenvalue weighted by molar-refractivity contribution is 0.219. The summed E-state index contributed by atoms with van der Waals surface area (Å²) in [4.78, 5) is 13.0. The van der Waals surface area contributed by atoms with Gasteiger partial charge in [-0.05, 0) is 20.3 Å². The van der Waals surface area contributed by atoms with E-state index in [0.29, 0.717) is 17.1 Å². The summed E-state index contributed by atoms with van der Waals surface area (Å²) >= 11 is 1.61. The molecule has 1 aromatic heterocycles. The van der Waals surface area contributed by atoms with Crippen LogP contribution < -0.4 is 10.1 Å². The van der Waals surface area contributed by atoms with E-state index in [9.17, 15) is 0 Å². The summed E-state index contributed by atoms with van der Waals surface area (Å²) in [5.74, 6) is 0.583. The van der Waals surface area contributed by atoms with Crippen LogP contribution in [-0.4, -0.2) is 32.3 Å². The molecule has 108 valence electrons. The van der Waals surface area contributed by atoms with Crippen molar-refractivity contribution in [3.63, 3.8) is 0 Å². The van der Waals surface area contributed by atoms with Crippen LogP contribution in [0.2, 0.25) is 0 Å². The molecule has 0 fully saturated rings. The molecule has 0 saturated heterocycles. The molecule has 0 aromatic carbocycles. The van der Waals surface area contributed by atoms with Gasteiger partial charge in [0.05, 0.1) is 6.10 Å². The maximum Gasteiger partial charge on any atom is 0.322 e. The number of hydrogen-bond acceptors (Lipinski definition) is 6. The number of aromatic nitrogens is 3. The van der Waals surface area contributed by atoms with Crippen LogP contribution in [0.3, 0.4) is 0 Å². The predicted octanol–water partition coefficient (Wildman–Crippen LogP) is 3.37. The zero-order valence-corrected chi connectivity index (χ0v) is 13.5. The van der Waals surface area contributed by atoms with Gasteiger partial charge in [-0.2, -0.15) is 15.0 Å². The van der Waals surface area contributed by atoms with Gasteiger partial charge < -0.3 is 10.1 Å². The average Bonchev–Trinajstić information content (AvgIpc) is 2.22. The van der Waals surface area contributed by atoms with E-state index in [1.807, 2.05) is 13.8 Å². The Labute approximate surface area is 120 Å². The maximum absolute atomic E-state index is 5.57. The standard InChI is InChI=1S/C13H24N4OS/c1-7-8-14-10-15-11(18-9(2)3)17-12(16-10)19-13(4,5)6/h9H,7-8H2,1-6H3,(H,14,15,16,17). The van der Waals surface area contributed by atoms with E-state index in [-0.39, 0.29) is 10.9 Å². The minimum atomic E-state index is 0.0499. The summed E-state index contributed by atoms with van der Waals surface area (Å²) in [5.41, 5.74) is 0. The van der Waals surface area contributed by atoms with E-state index in [1.165, 1.54) is 0 Å². The largest absolute Gasteiger partial charge is 0.461 e. The highest BCUT2D eigenvalue weighted by Crippen LogP contribution is 2.30. The summed E-state index contributed by atoms with van der Waals surface area (Å²) < 4.78 is 5.63. The van der Waals surface area contributed by atoms with Crippen molar-refractivity contribution in [1.29, 1.82) is 0 Å². The third kappa shape index (κ3) is 6.61. The summed E-state index contributed by atoms with van der Waals surface area (Å²) in [5, 5.41) is 3.87. The summed E-state index contributed by atoms with van der Waals surface area (Å²) in [6, 6.07) is 0.385. The molecule has 0 bridgehead atoms. The molecule has 5 nitrogen and oxygen atoms in total. The van der Waals surface area contributed by atoms with Gasteiger partial charge in [0.15, 0.2) is 5.16 Å². The maximum atomic E-state index is 5.57. The molecule has 19 heavy (non-hydrogen) atoms. The SMILES string of the molecule is CCCNc1nc(OC(C)C)nc(SC(C)(C)C)n1. The van der Waals surface area contributed by atoms with Crippen molar-refractivity contribution < 1.29 is 4.74 Å². The van der Waals surface area contributed by atoms with Gasteiger partial charge in [0, 0.05) is 11.3 Å². The van der Waals surface area contributed by atoms with Crippen LogP contribution >= 0.6 is 11.8 Å². The summed E-state index contributed by atoms with van der Waals surface area (Å²) in [6.07, 6.45) is 1.07. The molecule has 0 unspecified atom stereocenters. The first-order chi connectivity index (χ1) is 8.80. The molecule has 0 radical (unpaired) electrons. The van der Waals surface area contributed by atoms with Gasteiger partial charge in [0.25, 0.3) is 0 Å². The smallest absolute Gasteiger partial charge is 0.322 e. The third-order valence-corrected chi connectivity index (χ3v) is 2.84. The molecule has 0 amide bonds. The Morgan fingerprint density at radius 1 is 1.21 bits per heavy atom. The van der Waals surface area contributed by atoms with Gasteiger partial charge in [0.1, 0.15) is 0 Å². The Hall–Kier alpha value is -1.04. The number of nitrogens with zero attached hydrogens (tertiary/aromatic N) is 3. The number of hydrogen-bond donors (Lipinski definition) is 1. The summed E-state index contributed by atoms with van der Waals surface area (Å²) in [6.45, 7) is 13.2. The summed E-state index contributed by atoms with van der Waals surface area (Å²) in [7, 11) is 0. The average molecular weight is 284 g/mol. The second-order valence-electron chi connectivity index (χ2n) is 5.53. The lowest BCUT2D eigenvalue weighted by Crippen LogP contribution is -2.14. The molecule has 0 aliphatic rings. The highest BCUT2D eigenvalue weighted by molar-refractivity contribution is 8.00. The Morgan fingerprint density at radius 3 is 2.42 bits per heavy atom. The van der Waals surface area contributed by atoms with E-state index in [4.69, 9.17) is 4.74 Å². The molecule has 1 N–H and O–H groups in total. The van der Waals surface area contributed by atoms with E-state index in [2.05, 4.69) is 48.0 Å². The fourth-order valence-corrected chi connectivity index (χ4v) is 2.04. The topological polar surface area (TPSA) is 59.9 Å². The van der Waals surface area contributed by atoms with Crippen molar-refractivity contribution in [3.05, 3.63) is 0 Å². The molecule has 1 heterocycles. The highest BCUT2D eigenvalue weighted by atomic mass is 32.2. The van der Waals surface area contributed by atoms with Crippen LogP contribution in [0.4, 0.5) is 5.95 Å². The first-order valence-corrected chi connectivity index (χ1v) is 7.47. The lowest BCUT2D eigenvalue weighted by Gasteiger charge is -2.17. The molecular formula is C13H24N4OS. The first kappa shape index (κ1) is 16.0. The Kier molecular flexibility index (Phi) is 5.85. The van der Waals surface area contributed by atoms with Crippen LogP contribution in [0.1, 0.15) is 48.0 Å². The Bertz CT molecular complexity index is 404. The van der Waals surface area contributed by atoms with Crippen LogP contribution in [0.5, 0.6) is 6.01 Å². The van der Waals surface area contributed by atoms with Crippen molar-refractivity contribution in [2.45, 2.75) is 64.0 Å². The quantitative estimate of drug-likeness (QED) is 0.808. The normalized spacial score (nSPS) is 11.7. The molecule has 0 spiro atoms. The van der Waals surface area contributed by atoms with Gasteiger partial charge in [-0.25, -0.2) is 0 Å². The van der Waals surface area contributed by atoms with E-state index < -0.39 is 0 Å². The number of nitrogens with one attached hydrogen (secondary N) is 1. The van der Waals surface area contributed by atoms with Crippen LogP contribution in [0, 0.1) is 0 Å². The number of ether oxygens (including phenoxy) is 1. The van der Waals surface area contributed by atoms with Gasteiger partial charge in [-0.15, -0.1) is 0 Å². The van der Waals surface area contributed by atoms with Crippen molar-refractivity contribution in [3.8, 4) is 6.01 Å². The molecule has 6 heteroatoms. The van der Waals surface area contributed by atoms with Gasteiger partial charge in [-0.1, -0.05) is 39.5 Å². The zero-order valence-electron chi connectivity index (χ0n) is 12.6. The fourth-order valence-electron chi connectivity index (χ4n) is 1.24. The number of rotatable bonds is 6. The lowest BCUT2D eigenvalue weighted by atomic mass is 10.3. The zero-order chi connectivity index (χ0) is 14.5. The molecular weight excluding hydrogens is 260 g/mol. The molecule has 0 aliphatic carbocycles. The van der Waals surface area contributed by atoms with Crippen molar-refractivity contribution >= 4 is 17.7 Å². The Balaban J connectivity index is 2.94. The third-order valence-electron chi connectivity index (χ3n) is 1.87. The number of anilines is 1. The minimum Gasteiger partial charge on any atom is -0.461 e. The molecule has 0 atom stereocenters. The molecule has 1 rings (SSSR count). The molecule has 0 aliphatic heterocycles. The first-order valence-electron chi connectivity index (χ1n) is 6.66. The van der Waals surface area contributed by atoms with E-state index in [0.717, 1.165) is 13.0 Å². The van der Waals surface area contributed by atoms with Gasteiger partial charge >= 0.3 is 6.01 Å². The Morgan fingerprint density at radius 2 is 1.89 bits per heavy atom. The van der Waals surface area contributed by atoms with E-state index in [1.54, 1.807) is 11.8 Å². The monoisotopic (exact) mass is 284 g/mol. The van der Waals surface area contributed by atoms with Crippen LogP contribution in [0.25, 0.3) is 0 Å². The fraction of sp³-hybridized carbons (Fsp3) is 0.769. The highest BCUT2D eigenvalue weighted by Gasteiger charge is 2.17. The number of thioether (sulfide) groups is 1. The molecule has 0 saturated carbocycles. The van der Waals surface area contributed by atoms with Crippen LogP contribution in [-0.2, 0) is 0 Å². The van der Waals surface area contributed by atoms with Crippen molar-refractivity contribution in [2.75, 3.05) is 11.9 Å². The second kappa shape index (κ2) is 6.93. The molecule has 1 aromatic rings. The minimum absolute atomic E-state index is 0.0499. The second-order valence-corrected chi connectivity index (χ2v) is 7.33.